The fourth-order valence-electron chi connectivity index (χ4n) is 2.61. The third kappa shape index (κ3) is 4.23. The molecule has 0 spiro atoms. The number of aromatic hydroxyl groups is 1. The number of aromatic nitrogens is 2. The molecule has 9 heteroatoms. The van der Waals surface area contributed by atoms with E-state index in [0.717, 1.165) is 11.8 Å². The molecule has 0 radical (unpaired) electrons. The largest absolute Gasteiger partial charge is 0.507 e. The van der Waals surface area contributed by atoms with E-state index in [1.807, 2.05) is 0 Å². The molecule has 28 heavy (non-hydrogen) atoms. The molecule has 0 fully saturated rings. The van der Waals surface area contributed by atoms with Gasteiger partial charge in [-0.15, -0.1) is 0 Å². The van der Waals surface area contributed by atoms with E-state index in [1.54, 1.807) is 24.3 Å². The minimum atomic E-state index is -2.80. The van der Waals surface area contributed by atoms with Crippen LogP contribution in [0.3, 0.4) is 0 Å². The van der Waals surface area contributed by atoms with Crippen LogP contribution in [0.5, 0.6) is 11.5 Å². The molecule has 0 bridgehead atoms. The van der Waals surface area contributed by atoms with Gasteiger partial charge in [0.15, 0.2) is 0 Å². The van der Waals surface area contributed by atoms with E-state index in [4.69, 9.17) is 16.3 Å². The lowest BCUT2D eigenvalue weighted by molar-refractivity contribution is 0.0566. The molecule has 0 aliphatic rings. The highest BCUT2D eigenvalue weighted by atomic mass is 35.5. The van der Waals surface area contributed by atoms with Crippen molar-refractivity contribution in [1.82, 2.24) is 15.1 Å². The number of benzene rings is 2. The number of ether oxygens (including phenoxy) is 1. The Labute approximate surface area is 164 Å². The Morgan fingerprint density at radius 2 is 2.04 bits per heavy atom. The monoisotopic (exact) mass is 407 g/mol. The summed E-state index contributed by atoms with van der Waals surface area (Å²) in [6.07, 6.45) is 2.29. The van der Waals surface area contributed by atoms with Crippen LogP contribution in [0.1, 0.15) is 22.5 Å². The third-order valence-electron chi connectivity index (χ3n) is 4.04. The highest BCUT2D eigenvalue weighted by Gasteiger charge is 2.19. The van der Waals surface area contributed by atoms with Gasteiger partial charge in [0.1, 0.15) is 11.5 Å². The van der Waals surface area contributed by atoms with Crippen LogP contribution in [-0.2, 0) is 6.54 Å². The minimum Gasteiger partial charge on any atom is -0.507 e. The number of carbonyl (C=O) groups excluding carboxylic acids is 1. The summed E-state index contributed by atoms with van der Waals surface area (Å²) in [5.74, 6) is -0.533. The van der Waals surface area contributed by atoms with Gasteiger partial charge in [0, 0.05) is 28.9 Å². The average Bonchev–Trinajstić information content (AvgIpc) is 3.17. The highest BCUT2D eigenvalue weighted by Crippen LogP contribution is 2.35. The summed E-state index contributed by atoms with van der Waals surface area (Å²) in [4.78, 5) is 12.5. The highest BCUT2D eigenvalue weighted by molar-refractivity contribution is 6.30. The van der Waals surface area contributed by atoms with Gasteiger partial charge in [-0.25, -0.2) is 4.68 Å². The number of hydrogen-bond acceptors (Lipinski definition) is 4. The quantitative estimate of drug-likeness (QED) is 0.640. The molecule has 1 amide bonds. The lowest BCUT2D eigenvalue weighted by Gasteiger charge is -2.12. The second-order valence-electron chi connectivity index (χ2n) is 5.87. The Balaban J connectivity index is 1.83. The second kappa shape index (κ2) is 8.26. The molecular formula is C19H16ClF2N3O3. The Morgan fingerprint density at radius 1 is 1.32 bits per heavy atom. The standard InChI is InChI=1S/C19H16ClF2N3O3/c1-28-17-7-14(12-9-24-25(10-12)19(21)22)16(26)6-15(17)18(27)23-8-11-2-4-13(20)5-3-11/h2-7,9-10,19,26H,8H2,1H3,(H,23,27). The first-order valence-electron chi connectivity index (χ1n) is 8.15. The molecule has 2 aromatic carbocycles. The molecule has 0 atom stereocenters. The van der Waals surface area contributed by atoms with Crippen molar-refractivity contribution in [1.29, 1.82) is 0 Å². The van der Waals surface area contributed by atoms with Crippen LogP contribution < -0.4 is 10.1 Å². The van der Waals surface area contributed by atoms with Gasteiger partial charge < -0.3 is 15.2 Å². The van der Waals surface area contributed by atoms with Crippen molar-refractivity contribution in [3.63, 3.8) is 0 Å². The molecule has 0 saturated carbocycles. The first kappa shape index (κ1) is 19.6. The minimum absolute atomic E-state index is 0.110. The molecule has 1 heterocycles. The van der Waals surface area contributed by atoms with Gasteiger partial charge >= 0.3 is 6.55 Å². The second-order valence-corrected chi connectivity index (χ2v) is 6.30. The van der Waals surface area contributed by atoms with Gasteiger partial charge in [0.25, 0.3) is 5.91 Å². The SMILES string of the molecule is COc1cc(-c2cnn(C(F)F)c2)c(O)cc1C(=O)NCc1ccc(Cl)cc1. The molecule has 146 valence electrons. The summed E-state index contributed by atoms with van der Waals surface area (Å²) < 4.78 is 31.1. The number of halogens is 3. The fraction of sp³-hybridized carbons (Fsp3) is 0.158. The number of alkyl halides is 2. The van der Waals surface area contributed by atoms with Crippen LogP contribution in [0.25, 0.3) is 11.1 Å². The molecular weight excluding hydrogens is 392 g/mol. The predicted molar refractivity (Wildman–Crippen MR) is 99.8 cm³/mol. The van der Waals surface area contributed by atoms with Crippen LogP contribution in [0.2, 0.25) is 5.02 Å². The van der Waals surface area contributed by atoms with Crippen LogP contribution in [0.15, 0.2) is 48.8 Å². The Kier molecular flexibility index (Phi) is 5.79. The topological polar surface area (TPSA) is 76.4 Å². The predicted octanol–water partition coefficient (Wildman–Crippen LogP) is 4.24. The summed E-state index contributed by atoms with van der Waals surface area (Å²) in [6.45, 7) is -2.54. The van der Waals surface area contributed by atoms with Gasteiger partial charge in [-0.1, -0.05) is 23.7 Å². The van der Waals surface area contributed by atoms with E-state index < -0.39 is 12.5 Å². The van der Waals surface area contributed by atoms with Crippen molar-refractivity contribution in [2.75, 3.05) is 7.11 Å². The van der Waals surface area contributed by atoms with Crippen LogP contribution in [0.4, 0.5) is 8.78 Å². The van der Waals surface area contributed by atoms with Gasteiger partial charge in [-0.05, 0) is 29.8 Å². The smallest absolute Gasteiger partial charge is 0.333 e. The maximum Gasteiger partial charge on any atom is 0.333 e. The normalized spacial score (nSPS) is 10.9. The van der Waals surface area contributed by atoms with Gasteiger partial charge in [-0.2, -0.15) is 13.9 Å². The number of rotatable bonds is 6. The molecule has 3 rings (SSSR count). The first-order chi connectivity index (χ1) is 13.4. The maximum atomic E-state index is 12.7. The van der Waals surface area contributed by atoms with Crippen LogP contribution in [0, 0.1) is 0 Å². The molecule has 2 N–H and O–H groups in total. The summed E-state index contributed by atoms with van der Waals surface area (Å²) in [5, 5.41) is 17.2. The molecule has 6 nitrogen and oxygen atoms in total. The van der Waals surface area contributed by atoms with Crippen molar-refractivity contribution in [2.45, 2.75) is 13.1 Å². The van der Waals surface area contributed by atoms with Crippen LogP contribution in [-0.4, -0.2) is 27.9 Å². The summed E-state index contributed by atoms with van der Waals surface area (Å²) >= 11 is 5.83. The molecule has 0 unspecified atom stereocenters. The molecule has 0 aliphatic heterocycles. The van der Waals surface area contributed by atoms with Gasteiger partial charge in [0.05, 0.1) is 18.9 Å². The van der Waals surface area contributed by atoms with Crippen LogP contribution >= 0.6 is 11.6 Å². The summed E-state index contributed by atoms with van der Waals surface area (Å²) in [7, 11) is 1.37. The molecule has 0 aliphatic carbocycles. The first-order valence-corrected chi connectivity index (χ1v) is 8.53. The number of nitrogens with zero attached hydrogens (tertiary/aromatic N) is 2. The van der Waals surface area contributed by atoms with Crippen molar-refractivity contribution in [2.24, 2.45) is 0 Å². The third-order valence-corrected chi connectivity index (χ3v) is 4.29. The Morgan fingerprint density at radius 3 is 2.64 bits per heavy atom. The number of amides is 1. The number of phenolic OH excluding ortho intramolecular Hbond substituents is 1. The Bertz CT molecular complexity index is 991. The van der Waals surface area contributed by atoms with Crippen molar-refractivity contribution in [3.05, 3.63) is 64.9 Å². The van der Waals surface area contributed by atoms with E-state index in [2.05, 4.69) is 10.4 Å². The molecule has 1 aromatic heterocycles. The van der Waals surface area contributed by atoms with Crippen molar-refractivity contribution in [3.8, 4) is 22.6 Å². The zero-order valence-electron chi connectivity index (χ0n) is 14.7. The number of nitrogens with one attached hydrogen (secondary N) is 1. The van der Waals surface area contributed by atoms with E-state index in [-0.39, 0.29) is 34.7 Å². The molecule has 3 aromatic rings. The van der Waals surface area contributed by atoms with Gasteiger partial charge in [-0.3, -0.25) is 4.79 Å². The van der Waals surface area contributed by atoms with Crippen molar-refractivity contribution >= 4 is 17.5 Å². The lowest BCUT2D eigenvalue weighted by atomic mass is 10.0. The van der Waals surface area contributed by atoms with E-state index in [0.29, 0.717) is 9.70 Å². The number of hydrogen-bond donors (Lipinski definition) is 2. The van der Waals surface area contributed by atoms with E-state index in [9.17, 15) is 18.7 Å². The fourth-order valence-corrected chi connectivity index (χ4v) is 2.74. The zero-order chi connectivity index (χ0) is 20.3. The zero-order valence-corrected chi connectivity index (χ0v) is 15.5. The number of carbonyl (C=O) groups is 1. The van der Waals surface area contributed by atoms with E-state index >= 15 is 0 Å². The average molecular weight is 408 g/mol. The van der Waals surface area contributed by atoms with E-state index in [1.165, 1.54) is 25.4 Å². The summed E-state index contributed by atoms with van der Waals surface area (Å²) in [6, 6.07) is 9.61. The lowest BCUT2D eigenvalue weighted by Crippen LogP contribution is -2.23. The molecule has 0 saturated heterocycles. The Hall–Kier alpha value is -3.13. The number of phenols is 1. The van der Waals surface area contributed by atoms with Crippen molar-refractivity contribution < 1.29 is 23.4 Å². The maximum absolute atomic E-state index is 12.7. The van der Waals surface area contributed by atoms with Gasteiger partial charge in [0.2, 0.25) is 0 Å². The summed E-state index contributed by atoms with van der Waals surface area (Å²) in [5.41, 5.74) is 1.44. The number of methoxy groups -OCH3 is 1.